The predicted molar refractivity (Wildman–Crippen MR) is 55.0 cm³/mol. The maximum atomic E-state index is 9.69. The summed E-state index contributed by atoms with van der Waals surface area (Å²) in [5, 5.41) is 9.69. The lowest BCUT2D eigenvalue weighted by Gasteiger charge is -2.07. The second-order valence-corrected chi connectivity index (χ2v) is 4.99. The molecule has 1 aliphatic rings. The number of aryl methyl sites for hydroxylation is 1. The molecule has 2 nitrogen and oxygen atoms in total. The Morgan fingerprint density at radius 3 is 2.92 bits per heavy atom. The lowest BCUT2D eigenvalue weighted by molar-refractivity contribution is 0.189. The fourth-order valence-corrected chi connectivity index (χ4v) is 2.74. The van der Waals surface area contributed by atoms with Gasteiger partial charge < -0.3 is 10.8 Å². The van der Waals surface area contributed by atoms with Crippen LogP contribution < -0.4 is 5.73 Å². The van der Waals surface area contributed by atoms with Crippen molar-refractivity contribution in [1.82, 2.24) is 0 Å². The standard InChI is InChI=1S/C10H15NOS/c1-6-4-8(7-2-3-7)10(13-6)9(12)5-11/h4,7,9,12H,2-3,5,11H2,1H3. The van der Waals surface area contributed by atoms with Crippen LogP contribution in [0.5, 0.6) is 0 Å². The monoisotopic (exact) mass is 197 g/mol. The van der Waals surface area contributed by atoms with E-state index in [9.17, 15) is 5.11 Å². The Labute approximate surface area is 82.4 Å². The summed E-state index contributed by atoms with van der Waals surface area (Å²) in [4.78, 5) is 2.38. The van der Waals surface area contributed by atoms with Crippen molar-refractivity contribution in [2.45, 2.75) is 31.8 Å². The van der Waals surface area contributed by atoms with Gasteiger partial charge in [-0.25, -0.2) is 0 Å². The van der Waals surface area contributed by atoms with E-state index >= 15 is 0 Å². The van der Waals surface area contributed by atoms with E-state index in [0.29, 0.717) is 12.5 Å². The van der Waals surface area contributed by atoms with E-state index in [0.717, 1.165) is 4.88 Å². The molecule has 2 rings (SSSR count). The van der Waals surface area contributed by atoms with E-state index in [2.05, 4.69) is 13.0 Å². The minimum Gasteiger partial charge on any atom is -0.386 e. The Balaban J connectivity index is 2.30. The summed E-state index contributed by atoms with van der Waals surface area (Å²) in [5.41, 5.74) is 6.81. The van der Waals surface area contributed by atoms with Crippen LogP contribution in [0.2, 0.25) is 0 Å². The lowest BCUT2D eigenvalue weighted by atomic mass is 10.1. The van der Waals surface area contributed by atoms with Gasteiger partial charge in [0.15, 0.2) is 0 Å². The van der Waals surface area contributed by atoms with E-state index in [1.807, 2.05) is 0 Å². The highest BCUT2D eigenvalue weighted by molar-refractivity contribution is 7.12. The summed E-state index contributed by atoms with van der Waals surface area (Å²) in [6.45, 7) is 2.42. The molecule has 0 radical (unpaired) electrons. The van der Waals surface area contributed by atoms with Crippen molar-refractivity contribution in [3.05, 3.63) is 21.4 Å². The minimum atomic E-state index is -0.450. The van der Waals surface area contributed by atoms with Gasteiger partial charge in [-0.2, -0.15) is 0 Å². The van der Waals surface area contributed by atoms with Crippen molar-refractivity contribution in [3.8, 4) is 0 Å². The van der Waals surface area contributed by atoms with Crippen molar-refractivity contribution in [3.63, 3.8) is 0 Å². The van der Waals surface area contributed by atoms with Crippen LogP contribution in [0.25, 0.3) is 0 Å². The number of rotatable bonds is 3. The summed E-state index contributed by atoms with van der Waals surface area (Å²) in [6, 6.07) is 2.20. The highest BCUT2D eigenvalue weighted by atomic mass is 32.1. The van der Waals surface area contributed by atoms with E-state index in [1.165, 1.54) is 23.3 Å². The normalized spacial score (nSPS) is 19.0. The van der Waals surface area contributed by atoms with Gasteiger partial charge in [0.2, 0.25) is 0 Å². The summed E-state index contributed by atoms with van der Waals surface area (Å²) in [7, 11) is 0. The molecule has 13 heavy (non-hydrogen) atoms. The summed E-state index contributed by atoms with van der Waals surface area (Å²) in [5.74, 6) is 0.709. The first kappa shape index (κ1) is 9.19. The Morgan fingerprint density at radius 1 is 1.69 bits per heavy atom. The first-order chi connectivity index (χ1) is 6.22. The van der Waals surface area contributed by atoms with Crippen LogP contribution in [0, 0.1) is 6.92 Å². The molecule has 1 atom stereocenters. The number of nitrogens with two attached hydrogens (primary N) is 1. The van der Waals surface area contributed by atoms with Crippen LogP contribution in [-0.4, -0.2) is 11.7 Å². The SMILES string of the molecule is Cc1cc(C2CC2)c(C(O)CN)s1. The van der Waals surface area contributed by atoms with Crippen molar-refractivity contribution in [2.24, 2.45) is 5.73 Å². The van der Waals surface area contributed by atoms with E-state index in [4.69, 9.17) is 5.73 Å². The molecule has 0 spiro atoms. The average molecular weight is 197 g/mol. The average Bonchev–Trinajstić information content (AvgIpc) is 2.89. The van der Waals surface area contributed by atoms with E-state index < -0.39 is 6.10 Å². The number of aliphatic hydroxyl groups excluding tert-OH is 1. The third-order valence-corrected chi connectivity index (χ3v) is 3.62. The lowest BCUT2D eigenvalue weighted by Crippen LogP contribution is -2.11. The molecule has 0 bridgehead atoms. The maximum Gasteiger partial charge on any atom is 0.101 e. The van der Waals surface area contributed by atoms with E-state index in [-0.39, 0.29) is 0 Å². The van der Waals surface area contributed by atoms with Gasteiger partial charge in [0, 0.05) is 16.3 Å². The quantitative estimate of drug-likeness (QED) is 0.777. The van der Waals surface area contributed by atoms with Gasteiger partial charge in [0.25, 0.3) is 0 Å². The highest BCUT2D eigenvalue weighted by Gasteiger charge is 2.29. The van der Waals surface area contributed by atoms with Gasteiger partial charge in [0.1, 0.15) is 6.10 Å². The molecule has 3 heteroatoms. The molecule has 1 aliphatic carbocycles. The summed E-state index contributed by atoms with van der Waals surface area (Å²) < 4.78 is 0. The predicted octanol–water partition coefficient (Wildman–Crippen LogP) is 1.93. The molecule has 3 N–H and O–H groups in total. The van der Waals surface area contributed by atoms with Crippen molar-refractivity contribution in [1.29, 1.82) is 0 Å². The summed E-state index contributed by atoms with van der Waals surface area (Å²) in [6.07, 6.45) is 2.11. The summed E-state index contributed by atoms with van der Waals surface area (Å²) >= 11 is 1.69. The molecule has 0 saturated heterocycles. The van der Waals surface area contributed by atoms with Crippen LogP contribution in [0.4, 0.5) is 0 Å². The Kier molecular flexibility index (Phi) is 2.41. The van der Waals surface area contributed by atoms with Crippen molar-refractivity contribution < 1.29 is 5.11 Å². The largest absolute Gasteiger partial charge is 0.386 e. The van der Waals surface area contributed by atoms with E-state index in [1.54, 1.807) is 11.3 Å². The molecule has 1 heterocycles. The third-order valence-electron chi connectivity index (χ3n) is 2.46. The molecule has 0 amide bonds. The molecular formula is C10H15NOS. The first-order valence-electron chi connectivity index (χ1n) is 4.70. The third kappa shape index (κ3) is 1.77. The van der Waals surface area contributed by atoms with Crippen molar-refractivity contribution >= 4 is 11.3 Å². The van der Waals surface area contributed by atoms with Gasteiger partial charge >= 0.3 is 0 Å². The molecule has 72 valence electrons. The molecular weight excluding hydrogens is 182 g/mol. The van der Waals surface area contributed by atoms with Crippen LogP contribution >= 0.6 is 11.3 Å². The zero-order valence-corrected chi connectivity index (χ0v) is 8.60. The number of thiophene rings is 1. The smallest absolute Gasteiger partial charge is 0.101 e. The topological polar surface area (TPSA) is 46.2 Å². The molecule has 0 aliphatic heterocycles. The van der Waals surface area contributed by atoms with Gasteiger partial charge in [-0.1, -0.05) is 0 Å². The van der Waals surface area contributed by atoms with Crippen LogP contribution in [0.1, 0.15) is 40.2 Å². The van der Waals surface area contributed by atoms with Gasteiger partial charge in [-0.05, 0) is 37.3 Å². The second-order valence-electron chi connectivity index (χ2n) is 3.70. The Morgan fingerprint density at radius 2 is 2.38 bits per heavy atom. The van der Waals surface area contributed by atoms with Gasteiger partial charge in [0.05, 0.1) is 0 Å². The zero-order valence-electron chi connectivity index (χ0n) is 7.79. The van der Waals surface area contributed by atoms with Gasteiger partial charge in [-0.15, -0.1) is 11.3 Å². The van der Waals surface area contributed by atoms with Crippen molar-refractivity contribution in [2.75, 3.05) is 6.54 Å². The minimum absolute atomic E-state index is 0.333. The van der Waals surface area contributed by atoms with Crippen LogP contribution in [-0.2, 0) is 0 Å². The molecule has 1 fully saturated rings. The highest BCUT2D eigenvalue weighted by Crippen LogP contribution is 2.45. The second kappa shape index (κ2) is 3.40. The molecule has 1 saturated carbocycles. The molecule has 1 aromatic heterocycles. The Bertz CT molecular complexity index is 304. The number of aliphatic hydroxyl groups is 1. The van der Waals surface area contributed by atoms with Crippen LogP contribution in [0.3, 0.4) is 0 Å². The number of hydrogen-bond acceptors (Lipinski definition) is 3. The molecule has 1 aromatic rings. The maximum absolute atomic E-state index is 9.69. The molecule has 0 aromatic carbocycles. The Hall–Kier alpha value is -0.380. The van der Waals surface area contributed by atoms with Crippen LogP contribution in [0.15, 0.2) is 6.07 Å². The fourth-order valence-electron chi connectivity index (χ4n) is 1.63. The fraction of sp³-hybridized carbons (Fsp3) is 0.600. The number of hydrogen-bond donors (Lipinski definition) is 2. The zero-order chi connectivity index (χ0) is 9.42. The first-order valence-corrected chi connectivity index (χ1v) is 5.52. The van der Waals surface area contributed by atoms with Gasteiger partial charge in [-0.3, -0.25) is 0 Å². The molecule has 1 unspecified atom stereocenters.